The van der Waals surface area contributed by atoms with Crippen molar-refractivity contribution in [1.82, 2.24) is 19.7 Å². The fourth-order valence-corrected chi connectivity index (χ4v) is 5.94. The third-order valence-corrected chi connectivity index (χ3v) is 7.71. The minimum absolute atomic E-state index is 0.133. The molecule has 3 amide bonds. The third-order valence-electron chi connectivity index (χ3n) is 7.71. The number of aromatic hydroxyl groups is 1. The van der Waals surface area contributed by atoms with Crippen LogP contribution in [-0.2, 0) is 17.6 Å². The average Bonchev–Trinajstić information content (AvgIpc) is 3.58. The number of methoxy groups -OCH3 is 1. The Morgan fingerprint density at radius 3 is 2.70 bits per heavy atom. The zero-order chi connectivity index (χ0) is 25.7. The number of urea groups is 1. The molecular formula is C28H29FN4O4. The van der Waals surface area contributed by atoms with Crippen molar-refractivity contribution in [3.8, 4) is 11.5 Å². The number of aromatic nitrogens is 1. The number of carbonyl (C=O) groups excluding carboxylic acids is 2. The number of benzene rings is 2. The first-order chi connectivity index (χ1) is 17.9. The van der Waals surface area contributed by atoms with Gasteiger partial charge >= 0.3 is 6.03 Å². The van der Waals surface area contributed by atoms with Crippen LogP contribution in [0.3, 0.4) is 0 Å². The first-order valence-electron chi connectivity index (χ1n) is 12.6. The molecule has 2 aromatic carbocycles. The molecule has 1 fully saturated rings. The van der Waals surface area contributed by atoms with Gasteiger partial charge in [-0.2, -0.15) is 0 Å². The van der Waals surface area contributed by atoms with E-state index in [1.807, 2.05) is 6.07 Å². The van der Waals surface area contributed by atoms with Crippen molar-refractivity contribution in [2.75, 3.05) is 33.3 Å². The Labute approximate surface area is 213 Å². The van der Waals surface area contributed by atoms with E-state index in [1.54, 1.807) is 29.2 Å². The summed E-state index contributed by atoms with van der Waals surface area (Å²) in [5.41, 5.74) is 3.11. The van der Waals surface area contributed by atoms with Gasteiger partial charge in [-0.05, 0) is 42.2 Å². The Bertz CT molecular complexity index is 1410. The quantitative estimate of drug-likeness (QED) is 0.378. The van der Waals surface area contributed by atoms with Crippen LogP contribution < -0.4 is 4.74 Å². The van der Waals surface area contributed by atoms with E-state index in [9.17, 15) is 19.1 Å². The summed E-state index contributed by atoms with van der Waals surface area (Å²) in [4.78, 5) is 35.9. The van der Waals surface area contributed by atoms with Crippen LogP contribution in [-0.4, -0.2) is 76.1 Å². The summed E-state index contributed by atoms with van der Waals surface area (Å²) in [6.07, 6.45) is 5.70. The number of ether oxygens (including phenoxy) is 1. The van der Waals surface area contributed by atoms with Gasteiger partial charge in [0.25, 0.3) is 5.91 Å². The molecule has 4 heterocycles. The molecule has 0 spiro atoms. The zero-order valence-electron chi connectivity index (χ0n) is 20.6. The number of H-pyrrole nitrogens is 1. The number of phenols is 1. The number of fused-ring (bicyclic) bond motifs is 4. The van der Waals surface area contributed by atoms with Crippen molar-refractivity contribution in [2.45, 2.75) is 31.3 Å². The Morgan fingerprint density at radius 1 is 1.14 bits per heavy atom. The standard InChI is InChI=1S/C28H29FN4O4/c1-37-25-15-19-20-14-24-27(35)32(11-5-10-31-8-2-3-9-31)28(36)33(24)23(13-17-6-4-7-18(34)12-17)26(20)30-22(19)16-21(25)29/h2-4,6-7,12,15-16,23-24,30,34H,5,8-11,13-14H2,1H3/t23?,24-/m0/s1. The molecule has 1 unspecified atom stereocenters. The second-order valence-corrected chi connectivity index (χ2v) is 9.92. The second kappa shape index (κ2) is 9.23. The van der Waals surface area contributed by atoms with E-state index >= 15 is 0 Å². The van der Waals surface area contributed by atoms with Crippen LogP contribution in [0.25, 0.3) is 10.9 Å². The summed E-state index contributed by atoms with van der Waals surface area (Å²) in [7, 11) is 1.42. The van der Waals surface area contributed by atoms with Crippen LogP contribution in [0, 0.1) is 5.82 Å². The van der Waals surface area contributed by atoms with Crippen LogP contribution in [0.2, 0.25) is 0 Å². The maximum Gasteiger partial charge on any atom is 0.328 e. The SMILES string of the molecule is COc1cc2c3c([nH]c2cc1F)C(Cc1cccc(O)c1)N1C(=O)N(CCCN2CC=CC2)C(=O)[C@@H]1C3. The average molecular weight is 505 g/mol. The summed E-state index contributed by atoms with van der Waals surface area (Å²) in [5.74, 6) is -0.409. The highest BCUT2D eigenvalue weighted by Gasteiger charge is 2.51. The first kappa shape index (κ1) is 23.5. The molecule has 0 bridgehead atoms. The van der Waals surface area contributed by atoms with Crippen LogP contribution in [0.4, 0.5) is 9.18 Å². The van der Waals surface area contributed by atoms with Gasteiger partial charge in [-0.15, -0.1) is 0 Å². The second-order valence-electron chi connectivity index (χ2n) is 9.92. The Balaban J connectivity index is 1.36. The molecule has 2 N–H and O–H groups in total. The van der Waals surface area contributed by atoms with Crippen LogP contribution >= 0.6 is 0 Å². The molecule has 0 radical (unpaired) electrons. The molecule has 2 atom stereocenters. The molecule has 0 saturated carbocycles. The topological polar surface area (TPSA) is 89.1 Å². The van der Waals surface area contributed by atoms with Crippen LogP contribution in [0.5, 0.6) is 11.5 Å². The molecule has 3 aliphatic rings. The highest BCUT2D eigenvalue weighted by molar-refractivity contribution is 6.05. The van der Waals surface area contributed by atoms with Crippen LogP contribution in [0.15, 0.2) is 48.6 Å². The molecular weight excluding hydrogens is 475 g/mol. The van der Waals surface area contributed by atoms with Gasteiger partial charge in [0.15, 0.2) is 11.6 Å². The molecule has 3 aliphatic heterocycles. The predicted molar refractivity (Wildman–Crippen MR) is 136 cm³/mol. The Kier molecular flexibility index (Phi) is 5.87. The van der Waals surface area contributed by atoms with E-state index < -0.39 is 17.9 Å². The maximum atomic E-state index is 14.5. The normalized spacial score (nSPS) is 21.2. The van der Waals surface area contributed by atoms with E-state index in [-0.39, 0.29) is 23.4 Å². The van der Waals surface area contributed by atoms with Crippen molar-refractivity contribution in [3.63, 3.8) is 0 Å². The molecule has 6 rings (SSSR count). The van der Waals surface area contributed by atoms with E-state index in [0.29, 0.717) is 31.3 Å². The van der Waals surface area contributed by atoms with Gasteiger partial charge in [0.05, 0.1) is 13.2 Å². The summed E-state index contributed by atoms with van der Waals surface area (Å²) in [6, 6.07) is 8.56. The highest BCUT2D eigenvalue weighted by Crippen LogP contribution is 2.43. The number of halogens is 1. The Hall–Kier alpha value is -3.85. The number of imide groups is 1. The predicted octanol–water partition coefficient (Wildman–Crippen LogP) is 3.76. The number of carbonyl (C=O) groups is 2. The van der Waals surface area contributed by atoms with Crippen molar-refractivity contribution in [2.24, 2.45) is 0 Å². The molecule has 192 valence electrons. The molecule has 3 aromatic rings. The number of amides is 3. The van der Waals surface area contributed by atoms with Gasteiger partial charge in [-0.25, -0.2) is 9.18 Å². The van der Waals surface area contributed by atoms with E-state index in [4.69, 9.17) is 4.74 Å². The maximum absolute atomic E-state index is 14.5. The lowest BCUT2D eigenvalue weighted by Crippen LogP contribution is -2.44. The number of aromatic amines is 1. The van der Waals surface area contributed by atoms with Gasteiger partial charge in [0, 0.05) is 55.3 Å². The van der Waals surface area contributed by atoms with E-state index in [0.717, 1.165) is 41.8 Å². The molecule has 8 nitrogen and oxygen atoms in total. The molecule has 0 aliphatic carbocycles. The fourth-order valence-electron chi connectivity index (χ4n) is 5.94. The first-order valence-corrected chi connectivity index (χ1v) is 12.6. The lowest BCUT2D eigenvalue weighted by Gasteiger charge is -2.36. The van der Waals surface area contributed by atoms with Gasteiger partial charge in [-0.3, -0.25) is 14.6 Å². The minimum Gasteiger partial charge on any atom is -0.508 e. The smallest absolute Gasteiger partial charge is 0.328 e. The minimum atomic E-state index is -0.634. The van der Waals surface area contributed by atoms with Crippen molar-refractivity contribution >= 4 is 22.8 Å². The van der Waals surface area contributed by atoms with Crippen molar-refractivity contribution < 1.29 is 23.8 Å². The molecule has 1 aromatic heterocycles. The number of hydrogen-bond donors (Lipinski definition) is 2. The zero-order valence-corrected chi connectivity index (χ0v) is 20.6. The molecule has 9 heteroatoms. The number of nitrogens with one attached hydrogen (secondary N) is 1. The van der Waals surface area contributed by atoms with Crippen molar-refractivity contribution in [3.05, 3.63) is 71.2 Å². The number of rotatable bonds is 7. The van der Waals surface area contributed by atoms with Gasteiger partial charge in [-0.1, -0.05) is 24.3 Å². The van der Waals surface area contributed by atoms with E-state index in [1.165, 1.54) is 18.1 Å². The lowest BCUT2D eigenvalue weighted by atomic mass is 9.89. The van der Waals surface area contributed by atoms with Gasteiger partial charge in [0.1, 0.15) is 11.8 Å². The summed E-state index contributed by atoms with van der Waals surface area (Å²) in [6.45, 7) is 2.98. The highest BCUT2D eigenvalue weighted by atomic mass is 19.1. The summed E-state index contributed by atoms with van der Waals surface area (Å²) in [5, 5.41) is 10.8. The Morgan fingerprint density at radius 2 is 1.95 bits per heavy atom. The number of phenolic OH excluding ortho intramolecular Hbond substituents is 1. The summed E-state index contributed by atoms with van der Waals surface area (Å²) >= 11 is 0. The molecule has 1 saturated heterocycles. The van der Waals surface area contributed by atoms with Crippen molar-refractivity contribution in [1.29, 1.82) is 0 Å². The monoisotopic (exact) mass is 504 g/mol. The number of nitrogens with zero attached hydrogens (tertiary/aromatic N) is 3. The third kappa shape index (κ3) is 4.03. The molecule has 37 heavy (non-hydrogen) atoms. The number of hydrogen-bond acceptors (Lipinski definition) is 5. The largest absolute Gasteiger partial charge is 0.508 e. The van der Waals surface area contributed by atoms with Gasteiger partial charge in [0.2, 0.25) is 0 Å². The fraction of sp³-hybridized carbons (Fsp3) is 0.357. The summed E-state index contributed by atoms with van der Waals surface area (Å²) < 4.78 is 19.7. The van der Waals surface area contributed by atoms with Gasteiger partial charge < -0.3 is 19.7 Å². The lowest BCUT2D eigenvalue weighted by molar-refractivity contribution is -0.128. The van der Waals surface area contributed by atoms with Crippen LogP contribution in [0.1, 0.15) is 29.3 Å². The van der Waals surface area contributed by atoms with E-state index in [2.05, 4.69) is 22.0 Å².